The number of nitro groups is 2. The number of ether oxygens (including phenoxy) is 6. The molecule has 2 fully saturated rings. The molecule has 3 aliphatic heterocycles. The number of pyridine rings is 3. The van der Waals surface area contributed by atoms with Crippen molar-refractivity contribution in [2.24, 2.45) is 5.73 Å². The summed E-state index contributed by atoms with van der Waals surface area (Å²) in [6, 6.07) is 16.2. The number of fused-ring (bicyclic) bond motifs is 3. The van der Waals surface area contributed by atoms with Gasteiger partial charge in [-0.3, -0.25) is 73.7 Å². The van der Waals surface area contributed by atoms with Crippen LogP contribution in [-0.4, -0.2) is 295 Å². The van der Waals surface area contributed by atoms with Gasteiger partial charge in [-0.25, -0.2) is 33.9 Å². The van der Waals surface area contributed by atoms with Crippen LogP contribution in [0, 0.1) is 20.2 Å². The number of unbranched alkanes of at least 4 members (excludes halogenated alkanes) is 2. The Labute approximate surface area is 818 Å². The van der Waals surface area contributed by atoms with Crippen LogP contribution in [0.3, 0.4) is 0 Å². The van der Waals surface area contributed by atoms with E-state index in [0.717, 1.165) is 137 Å². The second kappa shape index (κ2) is 71.9. The van der Waals surface area contributed by atoms with Gasteiger partial charge in [0, 0.05) is 171 Å². The van der Waals surface area contributed by atoms with Gasteiger partial charge in [0.1, 0.15) is 34.9 Å². The number of hydrogen-bond donors (Lipinski definition) is 5. The average Bonchev–Trinajstić information content (AvgIpc) is 0.776. The Morgan fingerprint density at radius 1 is 0.606 bits per heavy atom. The molecule has 3 amide bonds. The number of carbonyl (C=O) groups is 10. The molecular weight excluding hydrogens is 1870 g/mol. The fourth-order valence-electron chi connectivity index (χ4n) is 12.6. The fraction of sp³-hybridized carbons (Fsp3) is 0.575. The van der Waals surface area contributed by atoms with E-state index in [1.165, 1.54) is 98.7 Å². The third kappa shape index (κ3) is 49.1. The van der Waals surface area contributed by atoms with Gasteiger partial charge in [-0.05, 0) is 163 Å². The summed E-state index contributed by atoms with van der Waals surface area (Å²) < 4.78 is 33.4. The molecule has 2 aromatic carbocycles. The number of aldehydes is 1. The van der Waals surface area contributed by atoms with Crippen molar-refractivity contribution >= 4 is 135 Å². The van der Waals surface area contributed by atoms with Crippen LogP contribution in [0.1, 0.15) is 191 Å². The number of non-ortho nitro benzene ring substituents is 2. The number of aliphatic hydroxyl groups excluding tert-OH is 4. The van der Waals surface area contributed by atoms with E-state index in [1.54, 1.807) is 18.9 Å². The number of likely N-dealkylation sites (N-methyl/N-ethyl adjacent to an activating group) is 3. The average molecular weight is 1990 g/mol. The summed E-state index contributed by atoms with van der Waals surface area (Å²) in [6.07, 6.45) is 13.6. The SMILES string of the molecule is CC(=O)OOC(C)=O.CCCCC.CCOC(=O)CBr.CCOC(=O)CCN(C)CCN.CN1CCN(Cc2cc3c(nc2C(CO)CO)N(C(=O)Oc2ccc([N+](=O)[O-])cc2)CCC3)C(=O)C1.COC(CO)c1nc2c(cc1C=O)CCCC2.COC(CO)c1nc2c(cc1CN1CCN(C)CC1=O)CCCC2.ClCCCl.O=C(Cl)Oc1ccc([N+](=O)[O-])cc1.[B-]OC(C)=O.[Na+]. The molecule has 2 unspecified atom stereocenters. The summed E-state index contributed by atoms with van der Waals surface area (Å²) in [5, 5.41) is 60.0. The Morgan fingerprint density at radius 2 is 1.04 bits per heavy atom. The number of benzene rings is 2. The number of alkyl halides is 3. The molecule has 45 heteroatoms. The van der Waals surface area contributed by atoms with Gasteiger partial charge in [0.25, 0.3) is 11.4 Å². The molecular formula is C87H127BBrCl3N12NaO27. The van der Waals surface area contributed by atoms with Crippen molar-refractivity contribution in [3.05, 3.63) is 149 Å². The smallest absolute Gasteiger partial charge is 0.793 e. The number of carbonyl (C=O) groups excluding carboxylic acids is 10. The number of halogens is 4. The molecule has 3 radical (unpaired) electrons. The number of aliphatic hydroxyl groups is 4. The first-order valence-electron chi connectivity index (χ1n) is 42.5. The second-order valence-electron chi connectivity index (χ2n) is 29.3. The van der Waals surface area contributed by atoms with Crippen LogP contribution in [0.5, 0.6) is 11.5 Å². The van der Waals surface area contributed by atoms with Crippen molar-refractivity contribution in [1.82, 2.24) is 39.5 Å². The third-order valence-corrected chi connectivity index (χ3v) is 20.2. The third-order valence-electron chi connectivity index (χ3n) is 19.1. The molecule has 729 valence electrons. The van der Waals surface area contributed by atoms with Crippen molar-refractivity contribution < 1.29 is 151 Å². The number of nitrogens with two attached hydrogens (primary N) is 1. The summed E-state index contributed by atoms with van der Waals surface area (Å²) in [6.45, 7) is 18.5. The van der Waals surface area contributed by atoms with E-state index < -0.39 is 57.4 Å². The molecule has 2 atom stereocenters. The Hall–Kier alpha value is -8.60. The number of nitro benzene ring substituents is 2. The summed E-state index contributed by atoms with van der Waals surface area (Å²) in [5.41, 5.74) is 13.6. The van der Waals surface area contributed by atoms with Crippen LogP contribution in [-0.2, 0) is 112 Å². The Morgan fingerprint density at radius 3 is 1.42 bits per heavy atom. The summed E-state index contributed by atoms with van der Waals surface area (Å²) in [5.74, 6) is -0.809. The predicted molar refractivity (Wildman–Crippen MR) is 493 cm³/mol. The standard InChI is InChI=1S/C24H29N5O7.C18H27N3O3.C13H17NO3.C8H18N2O2.C7H4ClNO4.C5H12.C4H7BrO2.C4H6O4.C2H3BO2.C2H4Cl2.Na/c1-26-9-10-27(21(32)13-26)12-17-11-16-3-2-8-28(23(16)25-22(17)18(14-30)15-31)24(33)36-20-6-4-19(5-7-20)29(34)35;1-20-7-8-21(17(23)11-20)10-14-9-13-5-3-4-6-15(13)19-18(14)16(12-22)24-2;1-17-12(8-16)13-10(7-15)6-9-4-2-3-5-11(9)14-13;1-3-12-8(11)4-6-10(2)7-5-9;8-7(10)13-6-3-1-5(2-4-6)9(11)12;1-3-5-4-2;1-2-7-4(6)3-5;1-3(5)7-8-4(2)6;1-2(4)5-3;3-1-2-4;/h4-7,11,18,30-31H,2-3,8-10,12-15H2,1H3;9,16,22H,3-8,10-12H2,1-2H3;6-7,12,16H,2-5,8H2,1H3;3-7,9H2,1-2H3;1-4H;3-5H2,1-2H3;2-3H2,1H3;1-2H3;1H3;1-2H2;/q;;;;;;;;-1;;+1. The van der Waals surface area contributed by atoms with Crippen molar-refractivity contribution in [3.63, 3.8) is 0 Å². The van der Waals surface area contributed by atoms with Crippen molar-refractivity contribution in [3.8, 4) is 11.5 Å². The number of amides is 3. The minimum Gasteiger partial charge on any atom is -0.793 e. The van der Waals surface area contributed by atoms with Gasteiger partial charge >= 0.3 is 65.0 Å². The number of rotatable bonds is 29. The van der Waals surface area contributed by atoms with Crippen molar-refractivity contribution in [1.29, 1.82) is 0 Å². The summed E-state index contributed by atoms with van der Waals surface area (Å²) >= 11 is 18.0. The number of aromatic nitrogens is 3. The van der Waals surface area contributed by atoms with E-state index in [2.05, 4.69) is 72.8 Å². The second-order valence-corrected chi connectivity index (χ2v) is 30.9. The van der Waals surface area contributed by atoms with Crippen LogP contribution in [0.2, 0.25) is 0 Å². The van der Waals surface area contributed by atoms with Gasteiger partial charge in [0.2, 0.25) is 17.8 Å². The largest absolute Gasteiger partial charge is 1.00 e. The number of nitrogens with zero attached hydrogens (tertiary/aromatic N) is 11. The van der Waals surface area contributed by atoms with Crippen molar-refractivity contribution in [2.75, 3.05) is 162 Å². The molecule has 3 aromatic heterocycles. The Balaban J connectivity index is 0.00000157. The molecule has 5 aliphatic rings. The molecule has 0 spiro atoms. The topological polar surface area (TPSA) is 505 Å². The summed E-state index contributed by atoms with van der Waals surface area (Å²) in [7, 11) is 13.2. The van der Waals surface area contributed by atoms with Gasteiger partial charge in [-0.1, -0.05) is 55.1 Å². The minimum absolute atomic E-state index is 0. The van der Waals surface area contributed by atoms with Gasteiger partial charge in [-0.2, -0.15) is 0 Å². The Kier molecular flexibility index (Phi) is 67.2. The molecule has 6 N–H and O–H groups in total. The van der Waals surface area contributed by atoms with Crippen LogP contribution < -0.4 is 49.7 Å². The van der Waals surface area contributed by atoms with E-state index in [4.69, 9.17) is 69.5 Å². The quantitative estimate of drug-likeness (QED) is 0.00466. The normalized spacial score (nSPS) is 13.8. The zero-order valence-corrected chi connectivity index (χ0v) is 83.5. The van der Waals surface area contributed by atoms with Crippen molar-refractivity contribution in [2.45, 2.75) is 170 Å². The maximum Gasteiger partial charge on any atom is 1.00 e. The molecule has 0 saturated carbocycles. The van der Waals surface area contributed by atoms with Crippen LogP contribution in [0.25, 0.3) is 0 Å². The zero-order valence-electron chi connectivity index (χ0n) is 77.7. The molecule has 0 bridgehead atoms. The number of anilines is 1. The van der Waals surface area contributed by atoms with Crippen LogP contribution >= 0.6 is 50.7 Å². The first-order valence-corrected chi connectivity index (χ1v) is 45.0. The van der Waals surface area contributed by atoms with Gasteiger partial charge in [0.05, 0.1) is 86.1 Å². The monoisotopic (exact) mass is 1990 g/mol. The molecule has 5 aromatic rings. The Bertz CT molecular complexity index is 4290. The van der Waals surface area contributed by atoms with Crippen LogP contribution in [0.4, 0.5) is 26.8 Å². The van der Waals surface area contributed by atoms with E-state index in [-0.39, 0.29) is 103 Å². The number of methoxy groups -OCH3 is 2. The number of piperazine rings is 2. The summed E-state index contributed by atoms with van der Waals surface area (Å²) in [4.78, 5) is 162. The van der Waals surface area contributed by atoms with Gasteiger partial charge < -0.3 is 82.0 Å². The zero-order chi connectivity index (χ0) is 98.5. The van der Waals surface area contributed by atoms with Crippen LogP contribution in [0.15, 0.2) is 66.7 Å². The molecule has 2 saturated heterocycles. The number of aryl methyl sites for hydroxylation is 5. The van der Waals surface area contributed by atoms with E-state index >= 15 is 0 Å². The molecule has 2 aliphatic carbocycles. The van der Waals surface area contributed by atoms with E-state index in [9.17, 15) is 88.6 Å². The van der Waals surface area contributed by atoms with Gasteiger partial charge in [0.15, 0.2) is 6.29 Å². The first kappa shape index (κ1) is 123. The van der Waals surface area contributed by atoms with E-state index in [1.807, 2.05) is 59.8 Å². The maximum atomic E-state index is 13.0. The molecule has 10 rings (SSSR count). The fourth-order valence-corrected chi connectivity index (χ4v) is 12.8. The van der Waals surface area contributed by atoms with Gasteiger partial charge in [-0.15, -0.1) is 23.2 Å². The predicted octanol–water partition coefficient (Wildman–Crippen LogP) is 7.08. The molecule has 39 nitrogen and oxygen atoms in total. The molecule has 6 heterocycles. The maximum absolute atomic E-state index is 13.0. The number of esters is 2. The minimum atomic E-state index is -0.978. The van der Waals surface area contributed by atoms with E-state index in [0.29, 0.717) is 118 Å². The molecule has 132 heavy (non-hydrogen) atoms. The first-order chi connectivity index (χ1) is 62.5. The number of hydrogen-bond acceptors (Lipinski definition) is 34.